The van der Waals surface area contributed by atoms with Crippen LogP contribution in [0, 0.1) is 5.92 Å². The Kier molecular flexibility index (Phi) is 3.36. The van der Waals surface area contributed by atoms with Gasteiger partial charge in [0.1, 0.15) is 0 Å². The minimum atomic E-state index is -0.0574. The van der Waals surface area contributed by atoms with E-state index in [0.29, 0.717) is 5.92 Å². The first-order valence-corrected chi connectivity index (χ1v) is 5.30. The van der Waals surface area contributed by atoms with E-state index < -0.39 is 0 Å². The lowest BCUT2D eigenvalue weighted by Crippen LogP contribution is -2.47. The first kappa shape index (κ1) is 11.0. The standard InChI is InChI=1S/C11H23NO/c1-11(2,12(3)4)9-6-5-7-10(13)8-9/h9-10,13H,5-8H2,1-4H3. The number of hydrogen-bond acceptors (Lipinski definition) is 2. The lowest BCUT2D eigenvalue weighted by atomic mass is 9.75. The molecule has 1 aliphatic rings. The van der Waals surface area contributed by atoms with Gasteiger partial charge in [0.05, 0.1) is 6.10 Å². The van der Waals surface area contributed by atoms with E-state index >= 15 is 0 Å². The first-order valence-electron chi connectivity index (χ1n) is 5.30. The summed E-state index contributed by atoms with van der Waals surface area (Å²) in [5.74, 6) is 0.645. The molecule has 0 aromatic carbocycles. The molecule has 1 aliphatic carbocycles. The van der Waals surface area contributed by atoms with Crippen molar-refractivity contribution in [2.45, 2.75) is 51.2 Å². The molecule has 1 fully saturated rings. The quantitative estimate of drug-likeness (QED) is 0.710. The van der Waals surface area contributed by atoms with Gasteiger partial charge >= 0.3 is 0 Å². The number of aliphatic hydroxyl groups excluding tert-OH is 1. The van der Waals surface area contributed by atoms with Gasteiger partial charge in [-0.15, -0.1) is 0 Å². The van der Waals surface area contributed by atoms with Gasteiger partial charge in [-0.3, -0.25) is 0 Å². The number of nitrogens with zero attached hydrogens (tertiary/aromatic N) is 1. The van der Waals surface area contributed by atoms with Crippen LogP contribution in [0.2, 0.25) is 0 Å². The first-order chi connectivity index (χ1) is 5.94. The van der Waals surface area contributed by atoms with E-state index in [4.69, 9.17) is 0 Å². The topological polar surface area (TPSA) is 23.5 Å². The van der Waals surface area contributed by atoms with Crippen LogP contribution in [0.15, 0.2) is 0 Å². The van der Waals surface area contributed by atoms with Gasteiger partial charge in [-0.25, -0.2) is 0 Å². The minimum Gasteiger partial charge on any atom is -0.393 e. The van der Waals surface area contributed by atoms with Crippen LogP contribution in [0.3, 0.4) is 0 Å². The van der Waals surface area contributed by atoms with Crippen LogP contribution in [0.4, 0.5) is 0 Å². The van der Waals surface area contributed by atoms with Crippen molar-refractivity contribution < 1.29 is 5.11 Å². The van der Waals surface area contributed by atoms with Crippen LogP contribution in [0.5, 0.6) is 0 Å². The maximum atomic E-state index is 9.61. The van der Waals surface area contributed by atoms with Crippen molar-refractivity contribution >= 4 is 0 Å². The fraction of sp³-hybridized carbons (Fsp3) is 1.00. The van der Waals surface area contributed by atoms with E-state index in [0.717, 1.165) is 12.8 Å². The Labute approximate surface area is 81.9 Å². The van der Waals surface area contributed by atoms with Gasteiger partial charge in [-0.1, -0.05) is 6.42 Å². The molecule has 13 heavy (non-hydrogen) atoms. The zero-order chi connectivity index (χ0) is 10.1. The van der Waals surface area contributed by atoms with Gasteiger partial charge in [0.15, 0.2) is 0 Å². The molecule has 2 atom stereocenters. The molecule has 0 amide bonds. The van der Waals surface area contributed by atoms with Crippen molar-refractivity contribution in [3.05, 3.63) is 0 Å². The maximum Gasteiger partial charge on any atom is 0.0543 e. The molecule has 1 saturated carbocycles. The summed E-state index contributed by atoms with van der Waals surface area (Å²) in [5, 5.41) is 9.61. The highest BCUT2D eigenvalue weighted by Gasteiger charge is 2.34. The molecule has 0 aromatic heterocycles. The molecule has 0 spiro atoms. The minimum absolute atomic E-state index is 0.0574. The molecule has 0 aliphatic heterocycles. The van der Waals surface area contributed by atoms with Crippen molar-refractivity contribution in [2.24, 2.45) is 5.92 Å². The van der Waals surface area contributed by atoms with Crippen LogP contribution in [0.25, 0.3) is 0 Å². The average Bonchev–Trinajstić information content (AvgIpc) is 2.04. The predicted molar refractivity (Wildman–Crippen MR) is 55.7 cm³/mol. The van der Waals surface area contributed by atoms with Gasteiger partial charge in [0.25, 0.3) is 0 Å². The molecule has 1 N–H and O–H groups in total. The van der Waals surface area contributed by atoms with Gasteiger partial charge < -0.3 is 10.0 Å². The molecule has 1 rings (SSSR count). The molecular weight excluding hydrogens is 162 g/mol. The molecule has 0 heterocycles. The summed E-state index contributed by atoms with van der Waals surface area (Å²) in [6.45, 7) is 4.55. The van der Waals surface area contributed by atoms with Crippen molar-refractivity contribution in [3.63, 3.8) is 0 Å². The Morgan fingerprint density at radius 1 is 1.23 bits per heavy atom. The maximum absolute atomic E-state index is 9.61. The van der Waals surface area contributed by atoms with Gasteiger partial charge in [-0.05, 0) is 53.1 Å². The highest BCUT2D eigenvalue weighted by Crippen LogP contribution is 2.34. The summed E-state index contributed by atoms with van der Waals surface area (Å²) in [6.07, 6.45) is 4.37. The van der Waals surface area contributed by atoms with Gasteiger partial charge in [0.2, 0.25) is 0 Å². The smallest absolute Gasteiger partial charge is 0.0543 e. The molecular formula is C11H23NO. The van der Waals surface area contributed by atoms with E-state index in [-0.39, 0.29) is 11.6 Å². The molecule has 0 saturated heterocycles. The van der Waals surface area contributed by atoms with Gasteiger partial charge in [-0.2, -0.15) is 0 Å². The van der Waals surface area contributed by atoms with Crippen LogP contribution in [-0.4, -0.2) is 35.7 Å². The SMILES string of the molecule is CN(C)C(C)(C)C1CCCC(O)C1. The Hall–Kier alpha value is -0.0800. The fourth-order valence-electron chi connectivity index (χ4n) is 2.17. The molecule has 0 bridgehead atoms. The third kappa shape index (κ3) is 2.44. The number of hydrogen-bond donors (Lipinski definition) is 1. The zero-order valence-corrected chi connectivity index (χ0v) is 9.38. The van der Waals surface area contributed by atoms with Crippen LogP contribution >= 0.6 is 0 Å². The monoisotopic (exact) mass is 185 g/mol. The van der Waals surface area contributed by atoms with E-state index in [1.54, 1.807) is 0 Å². The van der Waals surface area contributed by atoms with Crippen molar-refractivity contribution in [1.82, 2.24) is 4.90 Å². The average molecular weight is 185 g/mol. The molecule has 2 unspecified atom stereocenters. The Balaban J connectivity index is 2.59. The summed E-state index contributed by atoms with van der Waals surface area (Å²) in [7, 11) is 4.25. The summed E-state index contributed by atoms with van der Waals surface area (Å²) in [4.78, 5) is 2.27. The van der Waals surface area contributed by atoms with E-state index in [1.807, 2.05) is 0 Å². The van der Waals surface area contributed by atoms with Crippen molar-refractivity contribution in [3.8, 4) is 0 Å². The predicted octanol–water partition coefficient (Wildman–Crippen LogP) is 1.88. The Morgan fingerprint density at radius 2 is 1.85 bits per heavy atom. The molecule has 0 radical (unpaired) electrons. The highest BCUT2D eigenvalue weighted by atomic mass is 16.3. The normalized spacial score (nSPS) is 30.9. The Bertz CT molecular complexity index is 165. The molecule has 78 valence electrons. The second kappa shape index (κ2) is 3.97. The van der Waals surface area contributed by atoms with Crippen LogP contribution in [-0.2, 0) is 0 Å². The van der Waals surface area contributed by atoms with Crippen LogP contribution < -0.4 is 0 Å². The van der Waals surface area contributed by atoms with E-state index in [2.05, 4.69) is 32.8 Å². The summed E-state index contributed by atoms with van der Waals surface area (Å²) in [6, 6.07) is 0. The van der Waals surface area contributed by atoms with Crippen LogP contribution in [0.1, 0.15) is 39.5 Å². The number of rotatable bonds is 2. The summed E-state index contributed by atoms with van der Waals surface area (Å²) in [5.41, 5.74) is 0.224. The van der Waals surface area contributed by atoms with Gasteiger partial charge in [0, 0.05) is 5.54 Å². The molecule has 2 heteroatoms. The third-order valence-corrected chi connectivity index (χ3v) is 3.80. The summed E-state index contributed by atoms with van der Waals surface area (Å²) >= 11 is 0. The zero-order valence-electron chi connectivity index (χ0n) is 9.38. The number of aliphatic hydroxyl groups is 1. The lowest BCUT2D eigenvalue weighted by Gasteiger charge is -2.43. The Morgan fingerprint density at radius 3 is 2.31 bits per heavy atom. The second-order valence-electron chi connectivity index (χ2n) is 5.07. The van der Waals surface area contributed by atoms with E-state index in [9.17, 15) is 5.11 Å². The molecule has 2 nitrogen and oxygen atoms in total. The molecule has 0 aromatic rings. The largest absolute Gasteiger partial charge is 0.393 e. The fourth-order valence-corrected chi connectivity index (χ4v) is 2.17. The summed E-state index contributed by atoms with van der Waals surface area (Å²) < 4.78 is 0. The lowest BCUT2D eigenvalue weighted by molar-refractivity contribution is 0.0289. The van der Waals surface area contributed by atoms with Crippen molar-refractivity contribution in [2.75, 3.05) is 14.1 Å². The third-order valence-electron chi connectivity index (χ3n) is 3.80. The van der Waals surface area contributed by atoms with Crippen molar-refractivity contribution in [1.29, 1.82) is 0 Å². The highest BCUT2D eigenvalue weighted by molar-refractivity contribution is 4.89. The second-order valence-corrected chi connectivity index (χ2v) is 5.07. The van der Waals surface area contributed by atoms with E-state index in [1.165, 1.54) is 12.8 Å².